The molecule has 0 aromatic heterocycles. The summed E-state index contributed by atoms with van der Waals surface area (Å²) in [5, 5.41) is 0. The zero-order valence-electron chi connectivity index (χ0n) is 12.5. The quantitative estimate of drug-likeness (QED) is 0.751. The molecule has 0 N–H and O–H groups in total. The summed E-state index contributed by atoms with van der Waals surface area (Å²) in [7, 11) is 1.62. The molecule has 0 saturated heterocycles. The molecule has 0 heterocycles. The van der Waals surface area contributed by atoms with Crippen LogP contribution in [0.15, 0.2) is 18.2 Å². The van der Waals surface area contributed by atoms with Gasteiger partial charge in [0, 0.05) is 12.3 Å². The van der Waals surface area contributed by atoms with Gasteiger partial charge in [0.1, 0.15) is 5.78 Å². The van der Waals surface area contributed by atoms with Gasteiger partial charge in [0.05, 0.1) is 13.7 Å². The van der Waals surface area contributed by atoms with Crippen molar-refractivity contribution < 1.29 is 14.3 Å². The van der Waals surface area contributed by atoms with E-state index in [4.69, 9.17) is 9.47 Å². The van der Waals surface area contributed by atoms with Gasteiger partial charge in [-0.1, -0.05) is 26.8 Å². The molecule has 3 heteroatoms. The van der Waals surface area contributed by atoms with Crippen LogP contribution < -0.4 is 9.47 Å². The van der Waals surface area contributed by atoms with Crippen molar-refractivity contribution in [1.29, 1.82) is 0 Å². The van der Waals surface area contributed by atoms with Crippen molar-refractivity contribution in [3.8, 4) is 11.5 Å². The number of Topliss-reactive ketones (excluding diaryl/α,β-unsaturated/α-hetero) is 1. The average Bonchev–Trinajstić information content (AvgIpc) is 2.40. The van der Waals surface area contributed by atoms with Crippen molar-refractivity contribution in [3.05, 3.63) is 23.8 Å². The number of methoxy groups -OCH3 is 1. The molecule has 1 atom stereocenters. The predicted molar refractivity (Wildman–Crippen MR) is 77.0 cm³/mol. The van der Waals surface area contributed by atoms with Gasteiger partial charge >= 0.3 is 0 Å². The maximum atomic E-state index is 12.1. The van der Waals surface area contributed by atoms with E-state index in [1.165, 1.54) is 0 Å². The number of benzene rings is 1. The first kappa shape index (κ1) is 15.5. The second kappa shape index (κ2) is 7.17. The van der Waals surface area contributed by atoms with Gasteiger partial charge in [-0.05, 0) is 30.5 Å². The van der Waals surface area contributed by atoms with Crippen LogP contribution in [0.3, 0.4) is 0 Å². The highest BCUT2D eigenvalue weighted by molar-refractivity contribution is 5.86. The van der Waals surface area contributed by atoms with Gasteiger partial charge in [0.2, 0.25) is 0 Å². The minimum Gasteiger partial charge on any atom is -0.493 e. The Morgan fingerprint density at radius 3 is 2.37 bits per heavy atom. The number of ketones is 1. The molecule has 0 aliphatic rings. The van der Waals surface area contributed by atoms with Crippen LogP contribution in [0.25, 0.3) is 0 Å². The normalized spacial score (nSPS) is 12.3. The second-order valence-corrected chi connectivity index (χ2v) is 4.88. The van der Waals surface area contributed by atoms with E-state index >= 15 is 0 Å². The van der Waals surface area contributed by atoms with Crippen molar-refractivity contribution in [3.63, 3.8) is 0 Å². The van der Waals surface area contributed by atoms with Crippen LogP contribution in [0.5, 0.6) is 11.5 Å². The summed E-state index contributed by atoms with van der Waals surface area (Å²) in [4.78, 5) is 12.1. The average molecular weight is 264 g/mol. The zero-order valence-corrected chi connectivity index (χ0v) is 12.5. The molecule has 0 amide bonds. The summed E-state index contributed by atoms with van der Waals surface area (Å²) < 4.78 is 10.8. The van der Waals surface area contributed by atoms with E-state index < -0.39 is 0 Å². The molecule has 0 aliphatic carbocycles. The van der Waals surface area contributed by atoms with Crippen LogP contribution in [0, 0.1) is 5.92 Å². The summed E-state index contributed by atoms with van der Waals surface area (Å²) in [5.74, 6) is 1.87. The molecule has 19 heavy (non-hydrogen) atoms. The first-order valence-corrected chi connectivity index (χ1v) is 6.88. The minimum absolute atomic E-state index is 0.0745. The molecule has 0 radical (unpaired) electrons. The molecule has 0 saturated carbocycles. The van der Waals surface area contributed by atoms with Gasteiger partial charge in [-0.25, -0.2) is 0 Å². The summed E-state index contributed by atoms with van der Waals surface area (Å²) in [6, 6.07) is 5.77. The van der Waals surface area contributed by atoms with Gasteiger partial charge in [-0.3, -0.25) is 4.79 Å². The van der Waals surface area contributed by atoms with Crippen molar-refractivity contribution in [2.75, 3.05) is 13.7 Å². The minimum atomic E-state index is -0.0745. The molecule has 1 unspecified atom stereocenters. The lowest BCUT2D eigenvalue weighted by Gasteiger charge is -2.21. The topological polar surface area (TPSA) is 35.5 Å². The van der Waals surface area contributed by atoms with Gasteiger partial charge < -0.3 is 9.47 Å². The third kappa shape index (κ3) is 3.72. The fraction of sp³-hybridized carbons (Fsp3) is 0.562. The second-order valence-electron chi connectivity index (χ2n) is 4.88. The molecule has 106 valence electrons. The molecule has 3 nitrogen and oxygen atoms in total. The van der Waals surface area contributed by atoms with Gasteiger partial charge in [-0.2, -0.15) is 0 Å². The Labute approximate surface area is 115 Å². The van der Waals surface area contributed by atoms with E-state index in [2.05, 4.69) is 13.8 Å². The SMILES string of the molecule is CCOc1ccc(C(C(=O)CC)C(C)C)cc1OC. The Kier molecular flexibility index (Phi) is 5.87. The Morgan fingerprint density at radius 1 is 1.21 bits per heavy atom. The lowest BCUT2D eigenvalue weighted by atomic mass is 9.84. The highest BCUT2D eigenvalue weighted by atomic mass is 16.5. The van der Waals surface area contributed by atoms with Crippen LogP contribution >= 0.6 is 0 Å². The smallest absolute Gasteiger partial charge is 0.161 e. The Hall–Kier alpha value is -1.51. The van der Waals surface area contributed by atoms with Crippen molar-refractivity contribution >= 4 is 5.78 Å². The Bertz CT molecular complexity index is 424. The van der Waals surface area contributed by atoms with E-state index in [-0.39, 0.29) is 17.6 Å². The lowest BCUT2D eigenvalue weighted by Crippen LogP contribution is -2.17. The third-order valence-electron chi connectivity index (χ3n) is 3.21. The summed E-state index contributed by atoms with van der Waals surface area (Å²) >= 11 is 0. The molecule has 0 fully saturated rings. The largest absolute Gasteiger partial charge is 0.493 e. The molecule has 1 rings (SSSR count). The van der Waals surface area contributed by atoms with Crippen LogP contribution in [0.1, 0.15) is 45.6 Å². The van der Waals surface area contributed by atoms with Gasteiger partial charge in [0.15, 0.2) is 11.5 Å². The Morgan fingerprint density at radius 2 is 1.89 bits per heavy atom. The van der Waals surface area contributed by atoms with Gasteiger partial charge in [-0.15, -0.1) is 0 Å². The fourth-order valence-corrected chi connectivity index (χ4v) is 2.31. The van der Waals surface area contributed by atoms with Crippen molar-refractivity contribution in [2.24, 2.45) is 5.92 Å². The van der Waals surface area contributed by atoms with Crippen molar-refractivity contribution in [2.45, 2.75) is 40.0 Å². The highest BCUT2D eigenvalue weighted by Gasteiger charge is 2.23. The van der Waals surface area contributed by atoms with Gasteiger partial charge in [0.25, 0.3) is 0 Å². The third-order valence-corrected chi connectivity index (χ3v) is 3.21. The molecule has 0 aliphatic heterocycles. The lowest BCUT2D eigenvalue weighted by molar-refractivity contribution is -0.121. The van der Waals surface area contributed by atoms with E-state index in [0.717, 1.165) is 11.3 Å². The molecular weight excluding hydrogens is 240 g/mol. The summed E-state index contributed by atoms with van der Waals surface area (Å²) in [6.45, 7) is 8.58. The van der Waals surface area contributed by atoms with Crippen LogP contribution in [0.4, 0.5) is 0 Å². The fourth-order valence-electron chi connectivity index (χ4n) is 2.31. The number of ether oxygens (including phenoxy) is 2. The summed E-state index contributed by atoms with van der Waals surface area (Å²) in [5.41, 5.74) is 1.00. The summed E-state index contributed by atoms with van der Waals surface area (Å²) in [6.07, 6.45) is 0.554. The van der Waals surface area contributed by atoms with Crippen LogP contribution in [0.2, 0.25) is 0 Å². The maximum absolute atomic E-state index is 12.1. The van der Waals surface area contributed by atoms with E-state index in [0.29, 0.717) is 18.8 Å². The molecule has 1 aromatic rings. The number of carbonyl (C=O) groups is 1. The number of hydrogen-bond acceptors (Lipinski definition) is 3. The van der Waals surface area contributed by atoms with E-state index in [1.807, 2.05) is 32.0 Å². The van der Waals surface area contributed by atoms with Crippen LogP contribution in [-0.2, 0) is 4.79 Å². The highest BCUT2D eigenvalue weighted by Crippen LogP contribution is 2.34. The number of carbonyl (C=O) groups excluding carboxylic acids is 1. The molecule has 1 aromatic carbocycles. The first-order chi connectivity index (χ1) is 9.04. The Balaban J connectivity index is 3.14. The predicted octanol–water partition coefficient (Wildman–Crippen LogP) is 3.81. The molecule has 0 spiro atoms. The first-order valence-electron chi connectivity index (χ1n) is 6.88. The molecule has 0 bridgehead atoms. The van der Waals surface area contributed by atoms with Crippen LogP contribution in [-0.4, -0.2) is 19.5 Å². The van der Waals surface area contributed by atoms with E-state index in [9.17, 15) is 4.79 Å². The van der Waals surface area contributed by atoms with Crippen molar-refractivity contribution in [1.82, 2.24) is 0 Å². The molecular formula is C16H24O3. The van der Waals surface area contributed by atoms with E-state index in [1.54, 1.807) is 7.11 Å². The zero-order chi connectivity index (χ0) is 14.4. The number of rotatable bonds is 7. The maximum Gasteiger partial charge on any atom is 0.161 e. The standard InChI is InChI=1S/C16H24O3/c1-6-13(17)16(11(3)4)12-8-9-14(19-7-2)15(10-12)18-5/h8-11,16H,6-7H2,1-5H3. The number of hydrogen-bond donors (Lipinski definition) is 0. The monoisotopic (exact) mass is 264 g/mol.